The van der Waals surface area contributed by atoms with Crippen molar-refractivity contribution >= 4 is 17.8 Å². The van der Waals surface area contributed by atoms with Crippen LogP contribution in [0.15, 0.2) is 0 Å². The molecule has 2 unspecified atom stereocenters. The van der Waals surface area contributed by atoms with Gasteiger partial charge in [0, 0.05) is 12.8 Å². The molecule has 0 aliphatic rings. The van der Waals surface area contributed by atoms with E-state index in [4.69, 9.17) is 10.5 Å². The van der Waals surface area contributed by atoms with Crippen molar-refractivity contribution < 1.29 is 24.2 Å². The number of ether oxygens (including phenoxy) is 1. The van der Waals surface area contributed by atoms with E-state index in [0.717, 1.165) is 64.2 Å². The summed E-state index contributed by atoms with van der Waals surface area (Å²) < 4.78 is 6.04. The van der Waals surface area contributed by atoms with E-state index < -0.39 is 12.0 Å². The number of hydrogen-bond donors (Lipinski definition) is 3. The lowest BCUT2D eigenvalue weighted by Gasteiger charge is -2.18. The van der Waals surface area contributed by atoms with Crippen molar-refractivity contribution in [2.24, 2.45) is 5.73 Å². The van der Waals surface area contributed by atoms with Gasteiger partial charge in [0.15, 0.2) is 0 Å². The molecule has 0 aliphatic heterocycles. The topological polar surface area (TPSA) is 119 Å². The average molecular weight is 695 g/mol. The molecule has 0 saturated carbocycles. The number of amides is 1. The smallest absolute Gasteiger partial charge is 0.326 e. The van der Waals surface area contributed by atoms with Crippen LogP contribution in [0.5, 0.6) is 0 Å². The Morgan fingerprint density at radius 2 is 0.878 bits per heavy atom. The molecule has 0 saturated heterocycles. The first-order valence-corrected chi connectivity index (χ1v) is 21.4. The molecule has 7 heteroatoms. The largest absolute Gasteiger partial charge is 0.480 e. The minimum Gasteiger partial charge on any atom is -0.480 e. The third-order valence-corrected chi connectivity index (χ3v) is 9.92. The van der Waals surface area contributed by atoms with Crippen molar-refractivity contribution in [3.05, 3.63) is 0 Å². The molecule has 49 heavy (non-hydrogen) atoms. The Morgan fingerprint density at radius 1 is 0.510 bits per heavy atom. The number of nitrogens with two attached hydrogens (primary N) is 1. The van der Waals surface area contributed by atoms with E-state index in [1.807, 2.05) is 0 Å². The second-order valence-corrected chi connectivity index (χ2v) is 14.8. The number of hydrogen-bond acceptors (Lipinski definition) is 5. The van der Waals surface area contributed by atoms with Gasteiger partial charge in [-0.05, 0) is 57.9 Å². The Hall–Kier alpha value is -1.63. The molecule has 290 valence electrons. The summed E-state index contributed by atoms with van der Waals surface area (Å²) in [5, 5.41) is 11.9. The van der Waals surface area contributed by atoms with Gasteiger partial charge >= 0.3 is 11.9 Å². The van der Waals surface area contributed by atoms with E-state index in [9.17, 15) is 19.5 Å². The van der Waals surface area contributed by atoms with E-state index in [2.05, 4.69) is 19.2 Å². The normalized spacial score (nSPS) is 12.6. The summed E-state index contributed by atoms with van der Waals surface area (Å²) in [5.74, 6) is -1.21. The fraction of sp³-hybridized carbons (Fsp3) is 0.929. The molecule has 4 N–H and O–H groups in total. The Morgan fingerprint density at radius 3 is 1.27 bits per heavy atom. The van der Waals surface area contributed by atoms with Crippen LogP contribution in [0, 0.1) is 0 Å². The summed E-state index contributed by atoms with van der Waals surface area (Å²) in [5.41, 5.74) is 5.48. The van der Waals surface area contributed by atoms with Gasteiger partial charge < -0.3 is 20.9 Å². The molecule has 0 aromatic heterocycles. The average Bonchev–Trinajstić information content (AvgIpc) is 3.08. The van der Waals surface area contributed by atoms with Crippen LogP contribution in [0.4, 0.5) is 0 Å². The zero-order valence-corrected chi connectivity index (χ0v) is 32.6. The third-order valence-electron chi connectivity index (χ3n) is 9.92. The molecule has 0 aromatic carbocycles. The molecule has 0 fully saturated rings. The Labute approximate surface area is 303 Å². The molecule has 0 radical (unpaired) electrons. The first-order chi connectivity index (χ1) is 23.9. The number of aliphatic carboxylic acids is 1. The van der Waals surface area contributed by atoms with Crippen molar-refractivity contribution in [3.63, 3.8) is 0 Å². The number of esters is 1. The molecule has 0 rings (SSSR count). The fourth-order valence-corrected chi connectivity index (χ4v) is 6.69. The summed E-state index contributed by atoms with van der Waals surface area (Å²) in [4.78, 5) is 36.3. The van der Waals surface area contributed by atoms with E-state index in [0.29, 0.717) is 32.2 Å². The summed E-state index contributed by atoms with van der Waals surface area (Å²) in [6, 6.07) is -0.851. The number of rotatable bonds is 39. The van der Waals surface area contributed by atoms with Gasteiger partial charge in [0.25, 0.3) is 0 Å². The van der Waals surface area contributed by atoms with Gasteiger partial charge in [-0.15, -0.1) is 0 Å². The molecule has 0 spiro atoms. The first-order valence-electron chi connectivity index (χ1n) is 21.4. The van der Waals surface area contributed by atoms with Crippen LogP contribution < -0.4 is 11.1 Å². The minimum absolute atomic E-state index is 0.0164. The number of carbonyl (C=O) groups is 3. The lowest BCUT2D eigenvalue weighted by Crippen LogP contribution is -2.40. The Kier molecular flexibility index (Phi) is 36.4. The number of carboxylic acids is 1. The Balaban J connectivity index is 4.25. The molecule has 7 nitrogen and oxygen atoms in total. The van der Waals surface area contributed by atoms with Crippen molar-refractivity contribution in [2.75, 3.05) is 6.54 Å². The second-order valence-electron chi connectivity index (χ2n) is 14.8. The summed E-state index contributed by atoms with van der Waals surface area (Å²) >= 11 is 0. The second kappa shape index (κ2) is 37.6. The predicted octanol–water partition coefficient (Wildman–Crippen LogP) is 11.7. The molecule has 1 amide bonds. The van der Waals surface area contributed by atoms with E-state index in [1.54, 1.807) is 0 Å². The molecular weight excluding hydrogens is 612 g/mol. The number of carboxylic acid groups (broad SMARTS) is 1. The van der Waals surface area contributed by atoms with Crippen LogP contribution in [0.1, 0.15) is 232 Å². The lowest BCUT2D eigenvalue weighted by molar-refractivity contribution is -0.150. The predicted molar refractivity (Wildman–Crippen MR) is 207 cm³/mol. The molecule has 2 atom stereocenters. The minimum atomic E-state index is -1.00. The monoisotopic (exact) mass is 695 g/mol. The van der Waals surface area contributed by atoms with Crippen LogP contribution in [0.2, 0.25) is 0 Å². The van der Waals surface area contributed by atoms with Crippen LogP contribution in [0.3, 0.4) is 0 Å². The van der Waals surface area contributed by atoms with Gasteiger partial charge in [-0.1, -0.05) is 168 Å². The van der Waals surface area contributed by atoms with Gasteiger partial charge in [-0.25, -0.2) is 4.79 Å². The zero-order chi connectivity index (χ0) is 36.0. The van der Waals surface area contributed by atoms with Crippen molar-refractivity contribution in [2.45, 2.75) is 244 Å². The maximum Gasteiger partial charge on any atom is 0.326 e. The highest BCUT2D eigenvalue weighted by atomic mass is 16.5. The first kappa shape index (κ1) is 47.4. The van der Waals surface area contributed by atoms with Crippen LogP contribution in [0.25, 0.3) is 0 Å². The molecule has 0 aliphatic carbocycles. The zero-order valence-electron chi connectivity index (χ0n) is 32.6. The highest BCUT2D eigenvalue weighted by Gasteiger charge is 2.19. The maximum atomic E-state index is 12.7. The number of carbonyl (C=O) groups excluding carboxylic acids is 2. The van der Waals surface area contributed by atoms with Gasteiger partial charge in [-0.2, -0.15) is 0 Å². The summed E-state index contributed by atoms with van der Waals surface area (Å²) in [6.45, 7) is 4.95. The standard InChI is InChI=1S/C42H82N2O5/c1-3-5-7-9-11-13-15-16-17-19-21-26-30-36-41(46)49-38(32-27-23-20-18-14-12-10-8-6-4-2)33-28-24-22-25-29-35-40(45)44-39(42(47)48)34-31-37-43/h38-39H,3-37,43H2,1-2H3,(H,44,45)(H,47,48). The van der Waals surface area contributed by atoms with Crippen molar-refractivity contribution in [1.82, 2.24) is 5.32 Å². The lowest BCUT2D eigenvalue weighted by atomic mass is 10.0. The molecule has 0 bridgehead atoms. The highest BCUT2D eigenvalue weighted by molar-refractivity contribution is 5.83. The maximum absolute atomic E-state index is 12.7. The summed E-state index contributed by atoms with van der Waals surface area (Å²) in [7, 11) is 0. The van der Waals surface area contributed by atoms with E-state index in [1.165, 1.54) is 128 Å². The SMILES string of the molecule is CCCCCCCCCCCCCCCC(=O)OC(CCCCCCCCCCCC)CCCCCCCC(=O)NC(CCCN)C(=O)O. The number of unbranched alkanes of at least 4 members (excludes halogenated alkanes) is 25. The molecule has 0 heterocycles. The van der Waals surface area contributed by atoms with Crippen molar-refractivity contribution in [3.8, 4) is 0 Å². The summed E-state index contributed by atoms with van der Waals surface area (Å²) in [6.07, 6.45) is 38.6. The third kappa shape index (κ3) is 34.6. The van der Waals surface area contributed by atoms with Crippen LogP contribution in [-0.2, 0) is 19.1 Å². The van der Waals surface area contributed by atoms with Crippen LogP contribution >= 0.6 is 0 Å². The van der Waals surface area contributed by atoms with Gasteiger partial charge in [0.05, 0.1) is 0 Å². The molecular formula is C42H82N2O5. The van der Waals surface area contributed by atoms with Gasteiger partial charge in [-0.3, -0.25) is 9.59 Å². The quantitative estimate of drug-likeness (QED) is 0.0435. The van der Waals surface area contributed by atoms with Crippen molar-refractivity contribution in [1.29, 1.82) is 0 Å². The van der Waals surface area contributed by atoms with Gasteiger partial charge in [0.1, 0.15) is 12.1 Å². The van der Waals surface area contributed by atoms with E-state index in [-0.39, 0.29) is 18.0 Å². The Bertz CT molecular complexity index is 747. The molecule has 0 aromatic rings. The van der Waals surface area contributed by atoms with Crippen LogP contribution in [-0.4, -0.2) is 41.6 Å². The number of nitrogens with one attached hydrogen (secondary N) is 1. The van der Waals surface area contributed by atoms with E-state index >= 15 is 0 Å². The van der Waals surface area contributed by atoms with Gasteiger partial charge in [0.2, 0.25) is 5.91 Å². The highest BCUT2D eigenvalue weighted by Crippen LogP contribution is 2.19. The fourth-order valence-electron chi connectivity index (χ4n) is 6.69.